The van der Waals surface area contributed by atoms with Gasteiger partial charge in [0.2, 0.25) is 11.8 Å². The average molecular weight is 407 g/mol. The number of fused-ring (bicyclic) bond motifs is 1. The van der Waals surface area contributed by atoms with Gasteiger partial charge >= 0.3 is 0 Å². The van der Waals surface area contributed by atoms with Gasteiger partial charge in [0.15, 0.2) is 4.80 Å². The van der Waals surface area contributed by atoms with Crippen molar-refractivity contribution in [1.82, 2.24) is 4.57 Å². The minimum atomic E-state index is -0.552. The van der Waals surface area contributed by atoms with E-state index in [1.165, 1.54) is 18.2 Å². The first-order valence-electron chi connectivity index (χ1n) is 8.75. The Kier molecular flexibility index (Phi) is 4.82. The van der Waals surface area contributed by atoms with Crippen molar-refractivity contribution in [1.29, 1.82) is 0 Å². The maximum Gasteiger partial charge on any atom is 0.279 e. The van der Waals surface area contributed by atoms with E-state index in [0.717, 1.165) is 16.2 Å². The van der Waals surface area contributed by atoms with E-state index in [9.17, 15) is 18.8 Å². The standard InChI is InChI=1S/C21H14FN3O3S/c1-2-10-24-16-7-6-14(22)12-17(16)29-21(24)23-20(28)13-4-3-5-15(11-13)25-18(26)8-9-19(25)27/h1,3-7,11-12H,8-10H2. The van der Waals surface area contributed by atoms with Crippen molar-refractivity contribution in [2.75, 3.05) is 4.90 Å². The monoisotopic (exact) mass is 407 g/mol. The summed E-state index contributed by atoms with van der Waals surface area (Å²) in [6, 6.07) is 10.5. The van der Waals surface area contributed by atoms with Crippen LogP contribution in [0.5, 0.6) is 0 Å². The zero-order valence-corrected chi connectivity index (χ0v) is 15.9. The minimum Gasteiger partial charge on any atom is -0.305 e. The van der Waals surface area contributed by atoms with E-state index in [1.807, 2.05) is 0 Å². The number of hydrogen-bond donors (Lipinski definition) is 0. The quantitative estimate of drug-likeness (QED) is 0.495. The molecule has 0 atom stereocenters. The Balaban J connectivity index is 1.76. The molecule has 2 heterocycles. The fraction of sp³-hybridized carbons (Fsp3) is 0.143. The molecule has 0 unspecified atom stereocenters. The number of nitrogens with zero attached hydrogens (tertiary/aromatic N) is 3. The molecule has 0 aliphatic carbocycles. The van der Waals surface area contributed by atoms with E-state index in [1.54, 1.807) is 28.8 Å². The molecule has 29 heavy (non-hydrogen) atoms. The highest BCUT2D eigenvalue weighted by atomic mass is 32.1. The van der Waals surface area contributed by atoms with Crippen molar-refractivity contribution < 1.29 is 18.8 Å². The van der Waals surface area contributed by atoms with Gasteiger partial charge in [0.05, 0.1) is 22.4 Å². The number of halogens is 1. The largest absolute Gasteiger partial charge is 0.305 e. The zero-order chi connectivity index (χ0) is 20.5. The van der Waals surface area contributed by atoms with Gasteiger partial charge in [-0.1, -0.05) is 23.3 Å². The molecule has 6 nitrogen and oxygen atoms in total. The van der Waals surface area contributed by atoms with Gasteiger partial charge in [0.1, 0.15) is 5.82 Å². The first-order chi connectivity index (χ1) is 14.0. The predicted octanol–water partition coefficient (Wildman–Crippen LogP) is 2.87. The van der Waals surface area contributed by atoms with Crippen LogP contribution in [0, 0.1) is 18.2 Å². The Bertz CT molecular complexity index is 1270. The van der Waals surface area contributed by atoms with E-state index in [4.69, 9.17) is 6.42 Å². The Hall–Kier alpha value is -3.57. The van der Waals surface area contributed by atoms with Gasteiger partial charge in [0.25, 0.3) is 5.91 Å². The van der Waals surface area contributed by atoms with E-state index in [2.05, 4.69) is 10.9 Å². The summed E-state index contributed by atoms with van der Waals surface area (Å²) in [5, 5.41) is 0. The third-order valence-corrected chi connectivity index (χ3v) is 5.54. The van der Waals surface area contributed by atoms with E-state index >= 15 is 0 Å². The summed E-state index contributed by atoms with van der Waals surface area (Å²) in [6.07, 6.45) is 5.75. The molecule has 1 aliphatic rings. The molecule has 0 spiro atoms. The minimum absolute atomic E-state index is 0.159. The number of benzene rings is 2. The van der Waals surface area contributed by atoms with Crippen LogP contribution >= 0.6 is 11.3 Å². The van der Waals surface area contributed by atoms with Gasteiger partial charge in [-0.05, 0) is 36.4 Å². The molecule has 1 saturated heterocycles. The number of carbonyl (C=O) groups is 3. The topological polar surface area (TPSA) is 71.7 Å². The lowest BCUT2D eigenvalue weighted by molar-refractivity contribution is -0.121. The number of terminal acetylenes is 1. The summed E-state index contributed by atoms with van der Waals surface area (Å²) < 4.78 is 15.8. The SMILES string of the molecule is C#CCn1c(=NC(=O)c2cccc(N3C(=O)CCC3=O)c2)sc2cc(F)ccc21. The lowest BCUT2D eigenvalue weighted by Gasteiger charge is -2.14. The lowest BCUT2D eigenvalue weighted by atomic mass is 10.2. The van der Waals surface area contributed by atoms with Crippen LogP contribution < -0.4 is 9.70 Å². The van der Waals surface area contributed by atoms with Gasteiger partial charge in [-0.3, -0.25) is 19.3 Å². The van der Waals surface area contributed by atoms with Crippen LogP contribution in [0.1, 0.15) is 23.2 Å². The summed E-state index contributed by atoms with van der Waals surface area (Å²) in [7, 11) is 0. The second-order valence-corrected chi connectivity index (χ2v) is 7.39. The van der Waals surface area contributed by atoms with Crippen LogP contribution in [0.25, 0.3) is 10.2 Å². The van der Waals surface area contributed by atoms with Gasteiger partial charge in [-0.15, -0.1) is 6.42 Å². The Morgan fingerprint density at radius 2 is 1.93 bits per heavy atom. The number of thiazole rings is 1. The highest BCUT2D eigenvalue weighted by Gasteiger charge is 2.30. The van der Waals surface area contributed by atoms with Gasteiger partial charge < -0.3 is 4.57 Å². The Morgan fingerprint density at radius 3 is 2.66 bits per heavy atom. The second-order valence-electron chi connectivity index (χ2n) is 6.38. The number of anilines is 1. The molecule has 0 N–H and O–H groups in total. The highest BCUT2D eigenvalue weighted by molar-refractivity contribution is 7.16. The second kappa shape index (κ2) is 7.45. The molecule has 0 bridgehead atoms. The molecule has 0 saturated carbocycles. The molecule has 144 valence electrons. The van der Waals surface area contributed by atoms with Crippen molar-refractivity contribution in [2.45, 2.75) is 19.4 Å². The highest BCUT2D eigenvalue weighted by Crippen LogP contribution is 2.24. The van der Waals surface area contributed by atoms with Crippen molar-refractivity contribution >= 4 is 45.0 Å². The number of hydrogen-bond acceptors (Lipinski definition) is 4. The van der Waals surface area contributed by atoms with Gasteiger partial charge in [0, 0.05) is 18.4 Å². The van der Waals surface area contributed by atoms with Crippen molar-refractivity contribution in [3.05, 3.63) is 58.6 Å². The molecule has 3 amide bonds. The van der Waals surface area contributed by atoms with Crippen LogP contribution in [0.15, 0.2) is 47.5 Å². The Morgan fingerprint density at radius 1 is 1.17 bits per heavy atom. The summed E-state index contributed by atoms with van der Waals surface area (Å²) in [5.41, 5.74) is 1.25. The molecular formula is C21H14FN3O3S. The van der Waals surface area contributed by atoms with Crippen molar-refractivity contribution in [3.8, 4) is 12.3 Å². The summed E-state index contributed by atoms with van der Waals surface area (Å²) in [4.78, 5) is 42.2. The van der Waals surface area contributed by atoms with Crippen molar-refractivity contribution in [3.63, 3.8) is 0 Å². The van der Waals surface area contributed by atoms with E-state index in [0.29, 0.717) is 20.7 Å². The smallest absolute Gasteiger partial charge is 0.279 e. The lowest BCUT2D eigenvalue weighted by Crippen LogP contribution is -2.28. The molecule has 8 heteroatoms. The normalized spacial score (nSPS) is 14.6. The van der Waals surface area contributed by atoms with Crippen LogP contribution in [-0.4, -0.2) is 22.3 Å². The molecule has 1 aliphatic heterocycles. The molecule has 2 aromatic carbocycles. The van der Waals surface area contributed by atoms with E-state index < -0.39 is 11.7 Å². The number of imide groups is 1. The van der Waals surface area contributed by atoms with Crippen LogP contribution in [0.4, 0.5) is 10.1 Å². The molecular weight excluding hydrogens is 393 g/mol. The number of amides is 3. The molecule has 3 aromatic rings. The summed E-state index contributed by atoms with van der Waals surface area (Å²) >= 11 is 1.15. The third-order valence-electron chi connectivity index (χ3n) is 4.49. The molecule has 0 radical (unpaired) electrons. The third kappa shape index (κ3) is 3.48. The first kappa shape index (κ1) is 18.8. The number of rotatable bonds is 3. The number of carbonyl (C=O) groups excluding carboxylic acids is 3. The zero-order valence-electron chi connectivity index (χ0n) is 15.1. The molecule has 4 rings (SSSR count). The average Bonchev–Trinajstić information content (AvgIpc) is 3.21. The fourth-order valence-corrected chi connectivity index (χ4v) is 4.22. The fourth-order valence-electron chi connectivity index (χ4n) is 3.17. The Labute approximate surface area is 168 Å². The van der Waals surface area contributed by atoms with Gasteiger partial charge in [-0.25, -0.2) is 4.39 Å². The molecule has 1 aromatic heterocycles. The predicted molar refractivity (Wildman–Crippen MR) is 107 cm³/mol. The van der Waals surface area contributed by atoms with Crippen molar-refractivity contribution in [2.24, 2.45) is 4.99 Å². The van der Waals surface area contributed by atoms with Crippen LogP contribution in [0.3, 0.4) is 0 Å². The van der Waals surface area contributed by atoms with Crippen LogP contribution in [0.2, 0.25) is 0 Å². The summed E-state index contributed by atoms with van der Waals surface area (Å²) in [6.45, 7) is 0.175. The maximum absolute atomic E-state index is 13.5. The molecule has 1 fully saturated rings. The van der Waals surface area contributed by atoms with Gasteiger partial charge in [-0.2, -0.15) is 4.99 Å². The maximum atomic E-state index is 13.5. The van der Waals surface area contributed by atoms with E-state index in [-0.39, 0.29) is 36.8 Å². The summed E-state index contributed by atoms with van der Waals surface area (Å²) in [5.74, 6) is 0.973. The number of aromatic nitrogens is 1. The first-order valence-corrected chi connectivity index (χ1v) is 9.57. The van der Waals surface area contributed by atoms with Crippen LogP contribution in [-0.2, 0) is 16.1 Å².